The van der Waals surface area contributed by atoms with E-state index in [9.17, 15) is 0 Å². The monoisotopic (exact) mass is 290 g/mol. The molecule has 0 radical (unpaired) electrons. The van der Waals surface area contributed by atoms with Gasteiger partial charge < -0.3 is 10.3 Å². The molecule has 1 fully saturated rings. The van der Waals surface area contributed by atoms with E-state index >= 15 is 0 Å². The van der Waals surface area contributed by atoms with Gasteiger partial charge >= 0.3 is 0 Å². The lowest BCUT2D eigenvalue weighted by atomic mass is 9.82. The summed E-state index contributed by atoms with van der Waals surface area (Å²) in [5, 5.41) is 5.70. The van der Waals surface area contributed by atoms with Crippen molar-refractivity contribution in [2.24, 2.45) is 11.8 Å². The minimum Gasteiger partial charge on any atom is -0.361 e. The minimum atomic E-state index is 0.787. The van der Waals surface area contributed by atoms with Gasteiger partial charge in [-0.15, -0.1) is 0 Å². The smallest absolute Gasteiger partial charge is 0.0472 e. The van der Waals surface area contributed by atoms with Gasteiger partial charge in [-0.25, -0.2) is 0 Å². The second-order valence-electron chi connectivity index (χ2n) is 6.27. The molecule has 2 atom stereocenters. The molecule has 3 rings (SSSR count). The predicted molar refractivity (Wildman–Crippen MR) is 86.1 cm³/mol. The molecule has 2 N–H and O–H groups in total. The SMILES string of the molecule is CC1CCCC(CNCc2c[nH]c3cc(Cl)ccc23)C1. The Balaban J connectivity index is 1.57. The van der Waals surface area contributed by atoms with Crippen LogP contribution in [0.4, 0.5) is 0 Å². The lowest BCUT2D eigenvalue weighted by Crippen LogP contribution is -2.26. The number of rotatable bonds is 4. The van der Waals surface area contributed by atoms with Gasteiger partial charge in [-0.3, -0.25) is 0 Å². The van der Waals surface area contributed by atoms with Gasteiger partial charge in [0.15, 0.2) is 0 Å². The van der Waals surface area contributed by atoms with Gasteiger partial charge in [0, 0.05) is 28.7 Å². The molecule has 0 spiro atoms. The number of fused-ring (bicyclic) bond motifs is 1. The maximum absolute atomic E-state index is 6.01. The highest BCUT2D eigenvalue weighted by Crippen LogP contribution is 2.28. The van der Waals surface area contributed by atoms with Crippen LogP contribution >= 0.6 is 11.6 Å². The zero-order valence-electron chi connectivity index (χ0n) is 12.1. The summed E-state index contributed by atoms with van der Waals surface area (Å²) < 4.78 is 0. The van der Waals surface area contributed by atoms with Crippen LogP contribution in [0.5, 0.6) is 0 Å². The van der Waals surface area contributed by atoms with Gasteiger partial charge in [0.1, 0.15) is 0 Å². The van der Waals surface area contributed by atoms with E-state index in [1.807, 2.05) is 12.1 Å². The molecule has 1 aliphatic rings. The van der Waals surface area contributed by atoms with Gasteiger partial charge in [0.2, 0.25) is 0 Å². The van der Waals surface area contributed by atoms with Crippen molar-refractivity contribution in [1.29, 1.82) is 0 Å². The van der Waals surface area contributed by atoms with E-state index in [0.717, 1.165) is 35.5 Å². The molecule has 0 bridgehead atoms. The van der Waals surface area contributed by atoms with Crippen LogP contribution in [0.3, 0.4) is 0 Å². The summed E-state index contributed by atoms with van der Waals surface area (Å²) in [5.41, 5.74) is 2.46. The first kappa shape index (κ1) is 14.0. The average Bonchev–Trinajstić information content (AvgIpc) is 2.81. The molecule has 2 nitrogen and oxygen atoms in total. The van der Waals surface area contributed by atoms with Crippen LogP contribution in [-0.4, -0.2) is 11.5 Å². The molecule has 108 valence electrons. The average molecular weight is 291 g/mol. The molecule has 1 saturated carbocycles. The second kappa shape index (κ2) is 6.19. The van der Waals surface area contributed by atoms with Crippen LogP contribution in [0.2, 0.25) is 5.02 Å². The standard InChI is InChI=1S/C17H23ClN2/c1-12-3-2-4-13(7-12)9-19-10-14-11-20-17-8-15(18)5-6-16(14)17/h5-6,8,11-13,19-20H,2-4,7,9-10H2,1H3. The molecule has 0 saturated heterocycles. The molecule has 1 aromatic carbocycles. The van der Waals surface area contributed by atoms with Crippen LogP contribution in [-0.2, 0) is 6.54 Å². The van der Waals surface area contributed by atoms with Gasteiger partial charge in [0.05, 0.1) is 0 Å². The minimum absolute atomic E-state index is 0.787. The lowest BCUT2D eigenvalue weighted by Gasteiger charge is -2.26. The molecule has 20 heavy (non-hydrogen) atoms. The van der Waals surface area contributed by atoms with E-state index in [1.54, 1.807) is 0 Å². The topological polar surface area (TPSA) is 27.8 Å². The van der Waals surface area contributed by atoms with Crippen molar-refractivity contribution in [1.82, 2.24) is 10.3 Å². The second-order valence-corrected chi connectivity index (χ2v) is 6.71. The van der Waals surface area contributed by atoms with Crippen molar-refractivity contribution < 1.29 is 0 Å². The first-order valence-electron chi connectivity index (χ1n) is 7.68. The first-order valence-corrected chi connectivity index (χ1v) is 8.06. The van der Waals surface area contributed by atoms with E-state index in [0.29, 0.717) is 0 Å². The van der Waals surface area contributed by atoms with Crippen molar-refractivity contribution >= 4 is 22.5 Å². The number of benzene rings is 1. The normalized spacial score (nSPS) is 23.3. The van der Waals surface area contributed by atoms with Gasteiger partial charge in [-0.1, -0.05) is 37.4 Å². The molecule has 0 aliphatic heterocycles. The highest BCUT2D eigenvalue weighted by Gasteiger charge is 2.18. The summed E-state index contributed by atoms with van der Waals surface area (Å²) in [6, 6.07) is 6.06. The summed E-state index contributed by atoms with van der Waals surface area (Å²) in [6.07, 6.45) is 7.69. The van der Waals surface area contributed by atoms with Gasteiger partial charge in [0.25, 0.3) is 0 Å². The number of aromatic nitrogens is 1. The fraction of sp³-hybridized carbons (Fsp3) is 0.529. The van der Waals surface area contributed by atoms with E-state index in [-0.39, 0.29) is 0 Å². The predicted octanol–water partition coefficient (Wildman–Crippen LogP) is 4.74. The molecule has 0 amide bonds. The van der Waals surface area contributed by atoms with E-state index in [2.05, 4.69) is 29.5 Å². The lowest BCUT2D eigenvalue weighted by molar-refractivity contribution is 0.274. The van der Waals surface area contributed by atoms with Crippen LogP contribution < -0.4 is 5.32 Å². The van der Waals surface area contributed by atoms with Crippen LogP contribution in [0, 0.1) is 11.8 Å². The van der Waals surface area contributed by atoms with Gasteiger partial charge in [-0.05, 0) is 48.9 Å². The summed E-state index contributed by atoms with van der Waals surface area (Å²) >= 11 is 6.01. The highest BCUT2D eigenvalue weighted by atomic mass is 35.5. The Labute approximate surface area is 125 Å². The maximum Gasteiger partial charge on any atom is 0.0472 e. The Morgan fingerprint density at radius 3 is 3.10 bits per heavy atom. The first-order chi connectivity index (χ1) is 9.72. The molecule has 3 heteroatoms. The third-order valence-electron chi connectivity index (χ3n) is 4.52. The largest absolute Gasteiger partial charge is 0.361 e. The van der Waals surface area contributed by atoms with Crippen molar-refractivity contribution in [2.45, 2.75) is 39.2 Å². The van der Waals surface area contributed by atoms with Crippen molar-refractivity contribution in [3.63, 3.8) is 0 Å². The van der Waals surface area contributed by atoms with Crippen molar-refractivity contribution in [3.8, 4) is 0 Å². The zero-order valence-corrected chi connectivity index (χ0v) is 12.8. The van der Waals surface area contributed by atoms with Crippen LogP contribution in [0.1, 0.15) is 38.2 Å². The molecular formula is C17H23ClN2. The molecule has 2 aromatic rings. The van der Waals surface area contributed by atoms with Crippen LogP contribution in [0.15, 0.2) is 24.4 Å². The zero-order chi connectivity index (χ0) is 13.9. The highest BCUT2D eigenvalue weighted by molar-refractivity contribution is 6.31. The molecule has 1 aromatic heterocycles. The Bertz CT molecular complexity index is 575. The number of H-pyrrole nitrogens is 1. The molecular weight excluding hydrogens is 268 g/mol. The number of hydrogen-bond donors (Lipinski definition) is 2. The summed E-state index contributed by atoms with van der Waals surface area (Å²) in [6.45, 7) is 4.46. The van der Waals surface area contributed by atoms with Crippen molar-refractivity contribution in [2.75, 3.05) is 6.54 Å². The number of nitrogens with one attached hydrogen (secondary N) is 2. The van der Waals surface area contributed by atoms with E-state index < -0.39 is 0 Å². The van der Waals surface area contributed by atoms with E-state index in [4.69, 9.17) is 11.6 Å². The summed E-state index contributed by atoms with van der Waals surface area (Å²) in [4.78, 5) is 3.30. The third kappa shape index (κ3) is 3.18. The Morgan fingerprint density at radius 1 is 1.35 bits per heavy atom. The van der Waals surface area contributed by atoms with E-state index in [1.165, 1.54) is 36.6 Å². The number of hydrogen-bond acceptors (Lipinski definition) is 1. The fourth-order valence-electron chi connectivity index (χ4n) is 3.46. The Hall–Kier alpha value is -0.990. The summed E-state index contributed by atoms with van der Waals surface area (Å²) in [7, 11) is 0. The summed E-state index contributed by atoms with van der Waals surface area (Å²) in [5.74, 6) is 1.77. The molecule has 1 heterocycles. The number of aromatic amines is 1. The molecule has 1 aliphatic carbocycles. The van der Waals surface area contributed by atoms with Gasteiger partial charge in [-0.2, -0.15) is 0 Å². The molecule has 2 unspecified atom stereocenters. The maximum atomic E-state index is 6.01. The fourth-order valence-corrected chi connectivity index (χ4v) is 3.63. The Kier molecular flexibility index (Phi) is 4.32. The Morgan fingerprint density at radius 2 is 2.25 bits per heavy atom. The number of halogens is 1. The van der Waals surface area contributed by atoms with Crippen LogP contribution in [0.25, 0.3) is 10.9 Å². The quantitative estimate of drug-likeness (QED) is 0.836. The third-order valence-corrected chi connectivity index (χ3v) is 4.76. The van der Waals surface area contributed by atoms with Crippen molar-refractivity contribution in [3.05, 3.63) is 35.0 Å².